The van der Waals surface area contributed by atoms with Gasteiger partial charge in [-0.3, -0.25) is 4.79 Å². The Bertz CT molecular complexity index is 1090. The number of aryl methyl sites for hydroxylation is 1. The van der Waals surface area contributed by atoms with Crippen LogP contribution in [0.3, 0.4) is 0 Å². The predicted molar refractivity (Wildman–Crippen MR) is 124 cm³/mol. The Morgan fingerprint density at radius 2 is 1.90 bits per heavy atom. The molecular weight excluding hydrogens is 412 g/mol. The molecule has 6 heteroatoms. The van der Waals surface area contributed by atoms with Crippen molar-refractivity contribution in [3.8, 4) is 0 Å². The fraction of sp³-hybridized carbons (Fsp3) is 0.240. The van der Waals surface area contributed by atoms with Crippen LogP contribution >= 0.6 is 11.6 Å². The minimum Gasteiger partial charge on any atom is -0.394 e. The van der Waals surface area contributed by atoms with Crippen molar-refractivity contribution < 1.29 is 15.0 Å². The van der Waals surface area contributed by atoms with Crippen LogP contribution in [0.5, 0.6) is 0 Å². The monoisotopic (exact) mass is 436 g/mol. The van der Waals surface area contributed by atoms with Gasteiger partial charge in [0.2, 0.25) is 0 Å². The van der Waals surface area contributed by atoms with Gasteiger partial charge in [0, 0.05) is 28.5 Å². The summed E-state index contributed by atoms with van der Waals surface area (Å²) < 4.78 is 0. The van der Waals surface area contributed by atoms with Crippen LogP contribution in [-0.2, 0) is 6.42 Å². The Morgan fingerprint density at radius 3 is 2.61 bits per heavy atom. The van der Waals surface area contributed by atoms with E-state index in [1.807, 2.05) is 61.5 Å². The van der Waals surface area contributed by atoms with Gasteiger partial charge in [-0.25, -0.2) is 0 Å². The molecule has 0 spiro atoms. The molecule has 1 amide bonds. The number of aliphatic hydroxyl groups excluding tert-OH is 2. The van der Waals surface area contributed by atoms with Crippen LogP contribution in [0.1, 0.15) is 33.1 Å². The second-order valence-corrected chi connectivity index (χ2v) is 8.22. The van der Waals surface area contributed by atoms with Crippen molar-refractivity contribution >= 4 is 28.9 Å². The number of rotatable bonds is 6. The summed E-state index contributed by atoms with van der Waals surface area (Å²) in [6.45, 7) is 2.29. The number of nitrogens with zero attached hydrogens (tertiary/aromatic N) is 1. The SMILES string of the molecule is Cc1ccc(C(=O)Nc2ccc3c(c2)CCN3C(c2ccccc2)C(O)CO)cc1Cl. The number of nitrogens with one attached hydrogen (secondary N) is 1. The summed E-state index contributed by atoms with van der Waals surface area (Å²) in [6.07, 6.45) is -0.115. The molecule has 1 aliphatic heterocycles. The first-order valence-electron chi connectivity index (χ1n) is 10.3. The van der Waals surface area contributed by atoms with Crippen molar-refractivity contribution in [2.45, 2.75) is 25.5 Å². The maximum Gasteiger partial charge on any atom is 0.255 e. The maximum absolute atomic E-state index is 12.6. The van der Waals surface area contributed by atoms with E-state index >= 15 is 0 Å². The highest BCUT2D eigenvalue weighted by Crippen LogP contribution is 2.38. The maximum atomic E-state index is 12.6. The van der Waals surface area contributed by atoms with E-state index in [0.717, 1.165) is 35.3 Å². The highest BCUT2D eigenvalue weighted by atomic mass is 35.5. The van der Waals surface area contributed by atoms with Crippen LogP contribution in [0.2, 0.25) is 5.02 Å². The molecule has 0 fully saturated rings. The molecule has 0 aromatic heterocycles. The van der Waals surface area contributed by atoms with Crippen molar-refractivity contribution in [3.05, 3.63) is 94.0 Å². The van der Waals surface area contributed by atoms with E-state index in [0.29, 0.717) is 16.3 Å². The van der Waals surface area contributed by atoms with Crippen molar-refractivity contribution in [2.24, 2.45) is 0 Å². The largest absolute Gasteiger partial charge is 0.394 e. The normalized spacial score (nSPS) is 14.8. The standard InChI is InChI=1S/C25H25ClN2O3/c1-16-7-8-19(14-21(16)26)25(31)27-20-9-10-22-18(13-20)11-12-28(22)24(23(30)15-29)17-5-3-2-4-6-17/h2-10,13-14,23-24,29-30H,11-12,15H2,1H3,(H,27,31). The number of carbonyl (C=O) groups excluding carboxylic acids is 1. The smallest absolute Gasteiger partial charge is 0.255 e. The van der Waals surface area contributed by atoms with Gasteiger partial charge in [0.1, 0.15) is 6.10 Å². The number of hydrogen-bond donors (Lipinski definition) is 3. The quantitative estimate of drug-likeness (QED) is 0.537. The van der Waals surface area contributed by atoms with E-state index < -0.39 is 6.10 Å². The summed E-state index contributed by atoms with van der Waals surface area (Å²) in [5.41, 5.74) is 5.18. The molecule has 0 radical (unpaired) electrons. The van der Waals surface area contributed by atoms with E-state index in [9.17, 15) is 15.0 Å². The fourth-order valence-corrected chi connectivity index (χ4v) is 4.27. The highest BCUT2D eigenvalue weighted by Gasteiger charge is 2.32. The molecule has 2 atom stereocenters. The van der Waals surface area contributed by atoms with Crippen LogP contribution < -0.4 is 10.2 Å². The minimum absolute atomic E-state index is 0.213. The van der Waals surface area contributed by atoms with Gasteiger partial charge in [-0.15, -0.1) is 0 Å². The summed E-state index contributed by atoms with van der Waals surface area (Å²) in [5.74, 6) is -0.213. The van der Waals surface area contributed by atoms with Gasteiger partial charge in [0.15, 0.2) is 0 Å². The Hall–Kier alpha value is -2.86. The third-order valence-corrected chi connectivity index (χ3v) is 6.14. The molecule has 3 N–H and O–H groups in total. The zero-order valence-corrected chi connectivity index (χ0v) is 18.0. The lowest BCUT2D eigenvalue weighted by molar-refractivity contribution is 0.0717. The van der Waals surface area contributed by atoms with Crippen LogP contribution in [0.4, 0.5) is 11.4 Å². The number of halogens is 1. The van der Waals surface area contributed by atoms with Gasteiger partial charge in [-0.1, -0.05) is 48.0 Å². The summed E-state index contributed by atoms with van der Waals surface area (Å²) >= 11 is 6.15. The molecule has 0 saturated heterocycles. The number of hydrogen-bond acceptors (Lipinski definition) is 4. The van der Waals surface area contributed by atoms with Gasteiger partial charge >= 0.3 is 0 Å². The molecule has 1 aliphatic rings. The molecule has 1 heterocycles. The zero-order valence-electron chi connectivity index (χ0n) is 17.3. The van der Waals surface area contributed by atoms with Gasteiger partial charge in [-0.2, -0.15) is 0 Å². The average Bonchev–Trinajstić information content (AvgIpc) is 3.19. The van der Waals surface area contributed by atoms with Gasteiger partial charge in [0.05, 0.1) is 12.6 Å². The third-order valence-electron chi connectivity index (χ3n) is 5.73. The van der Waals surface area contributed by atoms with Crippen LogP contribution in [-0.4, -0.2) is 35.4 Å². The lowest BCUT2D eigenvalue weighted by Gasteiger charge is -2.33. The molecule has 31 heavy (non-hydrogen) atoms. The summed E-state index contributed by atoms with van der Waals surface area (Å²) in [7, 11) is 0. The topological polar surface area (TPSA) is 72.8 Å². The average molecular weight is 437 g/mol. The zero-order chi connectivity index (χ0) is 22.0. The van der Waals surface area contributed by atoms with Gasteiger partial charge in [0.25, 0.3) is 5.91 Å². The second-order valence-electron chi connectivity index (χ2n) is 7.81. The molecule has 0 saturated carbocycles. The molecule has 0 aliphatic carbocycles. The number of fused-ring (bicyclic) bond motifs is 1. The second kappa shape index (κ2) is 9.10. The molecular formula is C25H25ClN2O3. The van der Waals surface area contributed by atoms with Gasteiger partial charge < -0.3 is 20.4 Å². The van der Waals surface area contributed by atoms with Crippen molar-refractivity contribution in [1.82, 2.24) is 0 Å². The van der Waals surface area contributed by atoms with E-state index in [4.69, 9.17) is 11.6 Å². The first-order valence-corrected chi connectivity index (χ1v) is 10.7. The van der Waals surface area contributed by atoms with Crippen molar-refractivity contribution in [3.63, 3.8) is 0 Å². The van der Waals surface area contributed by atoms with E-state index in [1.165, 1.54) is 0 Å². The van der Waals surface area contributed by atoms with Crippen LogP contribution in [0, 0.1) is 6.92 Å². The number of aliphatic hydroxyl groups is 2. The summed E-state index contributed by atoms with van der Waals surface area (Å²) in [4.78, 5) is 14.7. The molecule has 5 nitrogen and oxygen atoms in total. The Labute approximate surface area is 186 Å². The number of anilines is 2. The lowest BCUT2D eigenvalue weighted by atomic mass is 9.99. The highest BCUT2D eigenvalue weighted by molar-refractivity contribution is 6.31. The van der Waals surface area contributed by atoms with Crippen LogP contribution in [0.25, 0.3) is 0 Å². The number of benzene rings is 3. The molecule has 0 bridgehead atoms. The first-order chi connectivity index (χ1) is 15.0. The summed E-state index contributed by atoms with van der Waals surface area (Å²) in [5, 5.41) is 23.7. The van der Waals surface area contributed by atoms with Crippen molar-refractivity contribution in [1.29, 1.82) is 0 Å². The lowest BCUT2D eigenvalue weighted by Crippen LogP contribution is -2.37. The summed E-state index contributed by atoms with van der Waals surface area (Å²) in [6, 6.07) is 20.4. The Kier molecular flexibility index (Phi) is 6.28. The Morgan fingerprint density at radius 1 is 1.13 bits per heavy atom. The number of amides is 1. The van der Waals surface area contributed by atoms with E-state index in [-0.39, 0.29) is 18.6 Å². The predicted octanol–water partition coefficient (Wildman–Crippen LogP) is 4.36. The van der Waals surface area contributed by atoms with E-state index in [2.05, 4.69) is 10.2 Å². The molecule has 160 valence electrons. The first kappa shape index (κ1) is 21.4. The van der Waals surface area contributed by atoms with Crippen LogP contribution in [0.15, 0.2) is 66.7 Å². The molecule has 3 aromatic carbocycles. The van der Waals surface area contributed by atoms with E-state index in [1.54, 1.807) is 12.1 Å². The molecule has 3 aromatic rings. The number of carbonyl (C=O) groups is 1. The molecule has 4 rings (SSSR count). The Balaban J connectivity index is 1.57. The molecule has 2 unspecified atom stereocenters. The fourth-order valence-electron chi connectivity index (χ4n) is 4.09. The van der Waals surface area contributed by atoms with Gasteiger partial charge in [-0.05, 0) is 60.4 Å². The third kappa shape index (κ3) is 4.44. The van der Waals surface area contributed by atoms with Crippen molar-refractivity contribution in [2.75, 3.05) is 23.4 Å². The minimum atomic E-state index is -0.904.